The molecule has 3 nitrogen and oxygen atoms in total. The molecule has 0 spiro atoms. The Morgan fingerprint density at radius 2 is 1.86 bits per heavy atom. The van der Waals surface area contributed by atoms with Crippen molar-refractivity contribution in [1.82, 2.24) is 5.32 Å². The van der Waals surface area contributed by atoms with E-state index in [2.05, 4.69) is 5.32 Å². The number of carbonyl (C=O) groups excluding carboxylic acids is 1. The Hall–Kier alpha value is -0.570. The number of nitrogens with two attached hydrogens (primary N) is 1. The van der Waals surface area contributed by atoms with Gasteiger partial charge >= 0.3 is 0 Å². The zero-order chi connectivity index (χ0) is 10.3. The van der Waals surface area contributed by atoms with Gasteiger partial charge in [0, 0.05) is 18.0 Å². The second-order valence-corrected chi connectivity index (χ2v) is 5.08. The van der Waals surface area contributed by atoms with Crippen molar-refractivity contribution in [3.8, 4) is 0 Å². The molecule has 0 aromatic carbocycles. The molecule has 1 amide bonds. The molecule has 2 aliphatic carbocycles. The van der Waals surface area contributed by atoms with Gasteiger partial charge in [0.15, 0.2) is 0 Å². The summed E-state index contributed by atoms with van der Waals surface area (Å²) in [5.74, 6) is 1.91. The first kappa shape index (κ1) is 9.97. The van der Waals surface area contributed by atoms with Crippen LogP contribution in [0.2, 0.25) is 0 Å². The molecule has 4 unspecified atom stereocenters. The highest BCUT2D eigenvalue weighted by Crippen LogP contribution is 2.51. The minimum atomic E-state index is -0.0630. The van der Waals surface area contributed by atoms with E-state index < -0.39 is 0 Å². The van der Waals surface area contributed by atoms with E-state index in [1.54, 1.807) is 0 Å². The molecule has 4 atom stereocenters. The average molecular weight is 196 g/mol. The lowest BCUT2D eigenvalue weighted by Gasteiger charge is -2.19. The molecular weight excluding hydrogens is 176 g/mol. The van der Waals surface area contributed by atoms with E-state index in [1.165, 1.54) is 19.3 Å². The molecule has 2 aliphatic rings. The van der Waals surface area contributed by atoms with E-state index in [4.69, 9.17) is 5.73 Å². The Morgan fingerprint density at radius 1 is 1.29 bits per heavy atom. The molecule has 0 aromatic rings. The summed E-state index contributed by atoms with van der Waals surface area (Å²) in [6.07, 6.45) is 3.79. The van der Waals surface area contributed by atoms with Crippen LogP contribution in [0.4, 0.5) is 0 Å². The number of amides is 1. The van der Waals surface area contributed by atoms with Gasteiger partial charge in [0.25, 0.3) is 0 Å². The summed E-state index contributed by atoms with van der Waals surface area (Å²) >= 11 is 0. The lowest BCUT2D eigenvalue weighted by molar-refractivity contribution is -0.125. The smallest absolute Gasteiger partial charge is 0.224 e. The predicted octanol–water partition coefficient (Wildman–Crippen LogP) is 0.884. The van der Waals surface area contributed by atoms with Gasteiger partial charge in [-0.2, -0.15) is 0 Å². The van der Waals surface area contributed by atoms with Crippen molar-refractivity contribution in [2.24, 2.45) is 23.5 Å². The van der Waals surface area contributed by atoms with Crippen LogP contribution in [-0.4, -0.2) is 18.0 Å². The first-order valence-corrected chi connectivity index (χ1v) is 5.64. The third-order valence-electron chi connectivity index (χ3n) is 3.79. The monoisotopic (exact) mass is 196 g/mol. The third kappa shape index (κ3) is 1.92. The van der Waals surface area contributed by atoms with Crippen molar-refractivity contribution < 1.29 is 4.79 Å². The fourth-order valence-corrected chi connectivity index (χ4v) is 2.40. The maximum Gasteiger partial charge on any atom is 0.224 e. The SMILES string of the molecule is CC(N)C(C)C(=O)NC1CC2CC2C1. The normalized spacial score (nSPS) is 38.6. The molecule has 14 heavy (non-hydrogen) atoms. The van der Waals surface area contributed by atoms with E-state index in [-0.39, 0.29) is 17.9 Å². The third-order valence-corrected chi connectivity index (χ3v) is 3.79. The number of rotatable bonds is 3. The molecule has 80 valence electrons. The van der Waals surface area contributed by atoms with Gasteiger partial charge in [-0.15, -0.1) is 0 Å². The Bertz CT molecular complexity index is 229. The van der Waals surface area contributed by atoms with Gasteiger partial charge < -0.3 is 11.1 Å². The van der Waals surface area contributed by atoms with Crippen LogP contribution in [0, 0.1) is 17.8 Å². The van der Waals surface area contributed by atoms with Gasteiger partial charge in [0.2, 0.25) is 5.91 Å². The Morgan fingerprint density at radius 3 is 2.36 bits per heavy atom. The highest BCUT2D eigenvalue weighted by atomic mass is 16.1. The summed E-state index contributed by atoms with van der Waals surface area (Å²) in [4.78, 5) is 11.7. The summed E-state index contributed by atoms with van der Waals surface area (Å²) in [6, 6.07) is 0.387. The van der Waals surface area contributed by atoms with Gasteiger partial charge in [-0.1, -0.05) is 6.92 Å². The highest BCUT2D eigenvalue weighted by Gasteiger charge is 2.46. The molecule has 0 saturated heterocycles. The molecule has 2 rings (SSSR count). The first-order valence-electron chi connectivity index (χ1n) is 5.64. The van der Waals surface area contributed by atoms with E-state index in [0.29, 0.717) is 6.04 Å². The van der Waals surface area contributed by atoms with E-state index in [0.717, 1.165) is 11.8 Å². The first-order chi connectivity index (χ1) is 6.58. The zero-order valence-corrected chi connectivity index (χ0v) is 8.99. The molecule has 2 saturated carbocycles. The standard InChI is InChI=1S/C11H20N2O/c1-6(7(2)12)11(14)13-10-4-8-3-9(8)5-10/h6-10H,3-5,12H2,1-2H3,(H,13,14). The van der Waals surface area contributed by atoms with Crippen molar-refractivity contribution in [2.75, 3.05) is 0 Å². The Balaban J connectivity index is 1.77. The van der Waals surface area contributed by atoms with Crippen molar-refractivity contribution >= 4 is 5.91 Å². The van der Waals surface area contributed by atoms with Crippen molar-refractivity contribution in [3.63, 3.8) is 0 Å². The van der Waals surface area contributed by atoms with Gasteiger partial charge in [0.1, 0.15) is 0 Å². The molecule has 0 bridgehead atoms. The summed E-state index contributed by atoms with van der Waals surface area (Å²) in [5.41, 5.74) is 5.69. The Labute approximate surface area is 85.4 Å². The van der Waals surface area contributed by atoms with Crippen LogP contribution in [0.3, 0.4) is 0 Å². The lowest BCUT2D eigenvalue weighted by Crippen LogP contribution is -2.42. The maximum atomic E-state index is 11.7. The van der Waals surface area contributed by atoms with E-state index in [1.807, 2.05) is 13.8 Å². The number of nitrogens with one attached hydrogen (secondary N) is 1. The van der Waals surface area contributed by atoms with Crippen LogP contribution >= 0.6 is 0 Å². The van der Waals surface area contributed by atoms with Crippen LogP contribution in [0.5, 0.6) is 0 Å². The summed E-state index contributed by atoms with van der Waals surface area (Å²) in [5, 5.41) is 3.10. The van der Waals surface area contributed by atoms with Crippen LogP contribution in [0.25, 0.3) is 0 Å². The second-order valence-electron chi connectivity index (χ2n) is 5.08. The quantitative estimate of drug-likeness (QED) is 0.704. The largest absolute Gasteiger partial charge is 0.353 e. The molecule has 3 heteroatoms. The minimum absolute atomic E-state index is 0.0501. The van der Waals surface area contributed by atoms with Gasteiger partial charge in [-0.05, 0) is 38.0 Å². The minimum Gasteiger partial charge on any atom is -0.353 e. The fraction of sp³-hybridized carbons (Fsp3) is 0.909. The molecule has 3 N–H and O–H groups in total. The summed E-state index contributed by atoms with van der Waals surface area (Å²) in [7, 11) is 0. The van der Waals surface area contributed by atoms with E-state index in [9.17, 15) is 4.79 Å². The topological polar surface area (TPSA) is 55.1 Å². The van der Waals surface area contributed by atoms with Crippen molar-refractivity contribution in [2.45, 2.75) is 45.2 Å². The number of fused-ring (bicyclic) bond motifs is 1. The molecular formula is C11H20N2O. The second kappa shape index (κ2) is 3.54. The van der Waals surface area contributed by atoms with Gasteiger partial charge in [-0.3, -0.25) is 4.79 Å². The van der Waals surface area contributed by atoms with Crippen LogP contribution in [0.1, 0.15) is 33.1 Å². The van der Waals surface area contributed by atoms with Crippen molar-refractivity contribution in [1.29, 1.82) is 0 Å². The molecule has 0 aliphatic heterocycles. The van der Waals surface area contributed by atoms with Crippen LogP contribution in [0.15, 0.2) is 0 Å². The van der Waals surface area contributed by atoms with Crippen molar-refractivity contribution in [3.05, 3.63) is 0 Å². The predicted molar refractivity (Wildman–Crippen MR) is 55.6 cm³/mol. The molecule has 2 fully saturated rings. The fourth-order valence-electron chi connectivity index (χ4n) is 2.40. The number of carbonyl (C=O) groups is 1. The van der Waals surface area contributed by atoms with E-state index >= 15 is 0 Å². The number of hydrogen-bond acceptors (Lipinski definition) is 2. The van der Waals surface area contributed by atoms with Gasteiger partial charge in [-0.25, -0.2) is 0 Å². The Kier molecular flexibility index (Phi) is 2.52. The van der Waals surface area contributed by atoms with Crippen LogP contribution < -0.4 is 11.1 Å². The summed E-state index contributed by atoms with van der Waals surface area (Å²) in [6.45, 7) is 3.78. The van der Waals surface area contributed by atoms with Crippen LogP contribution in [-0.2, 0) is 4.79 Å². The molecule has 0 heterocycles. The summed E-state index contributed by atoms with van der Waals surface area (Å²) < 4.78 is 0. The van der Waals surface area contributed by atoms with Gasteiger partial charge in [0.05, 0.1) is 0 Å². The maximum absolute atomic E-state index is 11.7. The number of hydrogen-bond donors (Lipinski definition) is 2. The zero-order valence-electron chi connectivity index (χ0n) is 8.99. The molecule has 0 radical (unpaired) electrons. The lowest BCUT2D eigenvalue weighted by atomic mass is 10.0. The molecule has 0 aromatic heterocycles. The highest BCUT2D eigenvalue weighted by molar-refractivity contribution is 5.79. The average Bonchev–Trinajstić information content (AvgIpc) is 2.73.